The summed E-state index contributed by atoms with van der Waals surface area (Å²) < 4.78 is 4.80. The molecular weight excluding hydrogens is 416 g/mol. The molecule has 0 bridgehead atoms. The van der Waals surface area contributed by atoms with E-state index in [0.717, 1.165) is 24.1 Å². The number of aromatic nitrogens is 2. The Balaban J connectivity index is 1.69. The van der Waals surface area contributed by atoms with Gasteiger partial charge >= 0.3 is 0 Å². The molecule has 2 aliphatic heterocycles. The second kappa shape index (κ2) is 8.23. The van der Waals surface area contributed by atoms with Gasteiger partial charge in [0.1, 0.15) is 5.92 Å². The third-order valence-corrected chi connectivity index (χ3v) is 7.37. The molecule has 2 aromatic heterocycles. The van der Waals surface area contributed by atoms with Crippen LogP contribution in [0.3, 0.4) is 0 Å². The van der Waals surface area contributed by atoms with Crippen molar-refractivity contribution in [1.82, 2.24) is 0 Å². The maximum Gasteiger partial charge on any atom is 0.213 e. The number of aliphatic hydroxyl groups excluding tert-OH is 1. The standard InChI is InChI=1S/C31H35N2O/c1-7-26-30(24-11-9-8-10-23(24)27-13-12-20(2)19-33(26)27)29-17-25(21(3)34)28-16-22(14-15-32(28)29)18-31(4,5)6/h7-16,19,26,29-30H,1,17-18H2,2-6H3/q+1/p+1. The zero-order valence-electron chi connectivity index (χ0n) is 21.0. The van der Waals surface area contributed by atoms with E-state index in [9.17, 15) is 5.11 Å². The maximum atomic E-state index is 10.7. The number of hydrogen-bond donors (Lipinski definition) is 1. The van der Waals surface area contributed by atoms with Crippen molar-refractivity contribution in [3.05, 3.63) is 102 Å². The van der Waals surface area contributed by atoms with Gasteiger partial charge in [-0.15, -0.1) is 0 Å². The molecule has 0 radical (unpaired) electrons. The number of aliphatic hydroxyl groups is 1. The van der Waals surface area contributed by atoms with E-state index in [1.54, 1.807) is 0 Å². The zero-order valence-corrected chi connectivity index (χ0v) is 21.0. The maximum absolute atomic E-state index is 10.7. The first-order chi connectivity index (χ1) is 16.2. The summed E-state index contributed by atoms with van der Waals surface area (Å²) in [4.78, 5) is 0. The Kier molecular flexibility index (Phi) is 5.47. The number of nitrogens with zero attached hydrogens (tertiary/aromatic N) is 2. The molecule has 3 heteroatoms. The molecule has 0 aliphatic carbocycles. The molecule has 2 aliphatic rings. The van der Waals surface area contributed by atoms with Crippen LogP contribution in [0.2, 0.25) is 0 Å². The lowest BCUT2D eigenvalue weighted by molar-refractivity contribution is -0.748. The predicted molar refractivity (Wildman–Crippen MR) is 137 cm³/mol. The van der Waals surface area contributed by atoms with Crippen LogP contribution >= 0.6 is 0 Å². The molecule has 3 aromatic rings. The van der Waals surface area contributed by atoms with Gasteiger partial charge in [0.15, 0.2) is 24.5 Å². The van der Waals surface area contributed by atoms with Crippen molar-refractivity contribution in [1.29, 1.82) is 0 Å². The number of benzene rings is 1. The highest BCUT2D eigenvalue weighted by Crippen LogP contribution is 2.48. The summed E-state index contributed by atoms with van der Waals surface area (Å²) in [5.74, 6) is 0.634. The molecule has 34 heavy (non-hydrogen) atoms. The third-order valence-electron chi connectivity index (χ3n) is 7.37. The number of hydrogen-bond acceptors (Lipinski definition) is 1. The van der Waals surface area contributed by atoms with Crippen molar-refractivity contribution in [3.63, 3.8) is 0 Å². The van der Waals surface area contributed by atoms with Crippen LogP contribution in [0.5, 0.6) is 0 Å². The number of pyridine rings is 2. The number of allylic oxidation sites excluding steroid dienone is 3. The fraction of sp³-hybridized carbons (Fsp3) is 0.355. The predicted octanol–water partition coefficient (Wildman–Crippen LogP) is 6.58. The zero-order chi connectivity index (χ0) is 24.2. The van der Waals surface area contributed by atoms with E-state index >= 15 is 0 Å². The fourth-order valence-electron chi connectivity index (χ4n) is 6.03. The van der Waals surface area contributed by atoms with Crippen molar-refractivity contribution in [2.75, 3.05) is 0 Å². The van der Waals surface area contributed by atoms with E-state index in [-0.39, 0.29) is 23.4 Å². The minimum atomic E-state index is 0.128. The van der Waals surface area contributed by atoms with Gasteiger partial charge in [-0.3, -0.25) is 0 Å². The van der Waals surface area contributed by atoms with Crippen LogP contribution in [0.15, 0.2) is 79.3 Å². The summed E-state index contributed by atoms with van der Waals surface area (Å²) >= 11 is 0. The van der Waals surface area contributed by atoms with Gasteiger partial charge in [0, 0.05) is 30.2 Å². The van der Waals surface area contributed by atoms with Crippen molar-refractivity contribution in [2.45, 2.75) is 65.5 Å². The summed E-state index contributed by atoms with van der Waals surface area (Å²) in [5, 5.41) is 10.7. The molecule has 0 saturated heterocycles. The van der Waals surface area contributed by atoms with E-state index in [0.29, 0.717) is 5.76 Å². The Bertz CT molecular complexity index is 1310. The first-order valence-electron chi connectivity index (χ1n) is 12.3. The van der Waals surface area contributed by atoms with Crippen molar-refractivity contribution in [3.8, 4) is 11.3 Å². The molecule has 5 rings (SSSR count). The number of rotatable bonds is 3. The van der Waals surface area contributed by atoms with Crippen LogP contribution in [-0.2, 0) is 6.42 Å². The Morgan fingerprint density at radius 2 is 1.85 bits per heavy atom. The van der Waals surface area contributed by atoms with Gasteiger partial charge < -0.3 is 5.11 Å². The normalized spacial score (nSPS) is 22.6. The molecular formula is C31H36N2O+2. The molecule has 174 valence electrons. The van der Waals surface area contributed by atoms with Crippen LogP contribution in [-0.4, -0.2) is 5.11 Å². The van der Waals surface area contributed by atoms with Gasteiger partial charge in [0.25, 0.3) is 0 Å². The summed E-state index contributed by atoms with van der Waals surface area (Å²) in [6.45, 7) is 15.1. The fourth-order valence-corrected chi connectivity index (χ4v) is 6.03. The Morgan fingerprint density at radius 3 is 2.56 bits per heavy atom. The monoisotopic (exact) mass is 452 g/mol. The highest BCUT2D eigenvalue weighted by atomic mass is 16.3. The van der Waals surface area contributed by atoms with E-state index < -0.39 is 0 Å². The lowest BCUT2D eigenvalue weighted by Crippen LogP contribution is -2.52. The highest BCUT2D eigenvalue weighted by Gasteiger charge is 2.50. The average Bonchev–Trinajstić information content (AvgIpc) is 3.15. The molecule has 3 unspecified atom stereocenters. The first kappa shape index (κ1) is 22.6. The lowest BCUT2D eigenvalue weighted by Gasteiger charge is -2.30. The largest absolute Gasteiger partial charge is 0.512 e. The van der Waals surface area contributed by atoms with E-state index in [1.807, 2.05) is 6.92 Å². The molecule has 0 fully saturated rings. The van der Waals surface area contributed by atoms with E-state index in [1.165, 1.54) is 27.9 Å². The second-order valence-electron chi connectivity index (χ2n) is 11.2. The van der Waals surface area contributed by atoms with E-state index in [2.05, 4.69) is 110 Å². The van der Waals surface area contributed by atoms with Gasteiger partial charge in [0.05, 0.1) is 16.9 Å². The second-order valence-corrected chi connectivity index (χ2v) is 11.2. The molecule has 3 atom stereocenters. The third kappa shape index (κ3) is 3.77. The van der Waals surface area contributed by atoms with Gasteiger partial charge in [-0.1, -0.05) is 45.5 Å². The molecule has 4 heterocycles. The van der Waals surface area contributed by atoms with Crippen LogP contribution in [0, 0.1) is 12.3 Å². The number of fused-ring (bicyclic) bond motifs is 4. The van der Waals surface area contributed by atoms with E-state index in [4.69, 9.17) is 0 Å². The molecule has 3 nitrogen and oxygen atoms in total. The quantitative estimate of drug-likeness (QED) is 0.271. The topological polar surface area (TPSA) is 28.0 Å². The van der Waals surface area contributed by atoms with Crippen LogP contribution in [0.4, 0.5) is 0 Å². The molecule has 0 spiro atoms. The molecule has 0 saturated carbocycles. The van der Waals surface area contributed by atoms with Crippen LogP contribution < -0.4 is 9.13 Å². The lowest BCUT2D eigenvalue weighted by atomic mass is 9.77. The number of aryl methyl sites for hydroxylation is 1. The van der Waals surface area contributed by atoms with Gasteiger partial charge in [0.2, 0.25) is 11.4 Å². The van der Waals surface area contributed by atoms with Crippen molar-refractivity contribution in [2.24, 2.45) is 5.41 Å². The summed E-state index contributed by atoms with van der Waals surface area (Å²) in [7, 11) is 0. The van der Waals surface area contributed by atoms with Crippen molar-refractivity contribution >= 4 is 5.57 Å². The Morgan fingerprint density at radius 1 is 1.09 bits per heavy atom. The minimum absolute atomic E-state index is 0.128. The SMILES string of the molecule is C=CC1C(C2C/C(=C(\C)O)c3cc(CC(C)(C)C)cc[n+]32)c2ccccc2-c2ccc(C)c[n+]21. The van der Waals surface area contributed by atoms with Crippen LogP contribution in [0.1, 0.15) is 74.5 Å². The molecule has 1 N–H and O–H groups in total. The Hall–Kier alpha value is -3.20. The van der Waals surface area contributed by atoms with Crippen molar-refractivity contribution < 1.29 is 14.2 Å². The minimum Gasteiger partial charge on any atom is -0.512 e. The van der Waals surface area contributed by atoms with Gasteiger partial charge in [-0.25, -0.2) is 0 Å². The smallest absolute Gasteiger partial charge is 0.213 e. The van der Waals surface area contributed by atoms with Gasteiger partial charge in [-0.05, 0) is 55.0 Å². The molecule has 0 amide bonds. The summed E-state index contributed by atoms with van der Waals surface area (Å²) in [6.07, 6.45) is 8.42. The average molecular weight is 453 g/mol. The first-order valence-corrected chi connectivity index (χ1v) is 12.3. The van der Waals surface area contributed by atoms with Crippen LogP contribution in [0.25, 0.3) is 16.8 Å². The summed E-state index contributed by atoms with van der Waals surface area (Å²) in [6, 6.07) is 18.1. The summed E-state index contributed by atoms with van der Waals surface area (Å²) in [5.41, 5.74) is 8.85. The Labute approximate surface area is 203 Å². The molecule has 1 aromatic carbocycles. The highest BCUT2D eigenvalue weighted by molar-refractivity contribution is 5.67. The van der Waals surface area contributed by atoms with Gasteiger partial charge in [-0.2, -0.15) is 9.13 Å².